The Balaban J connectivity index is 2.08. The average Bonchev–Trinajstić information content (AvgIpc) is 2.93. The highest BCUT2D eigenvalue weighted by atomic mass is 35.5. The quantitative estimate of drug-likeness (QED) is 0.317. The maximum absolute atomic E-state index is 14.1. The molecule has 1 N–H and O–H groups in total. The van der Waals surface area contributed by atoms with E-state index in [1.807, 2.05) is 43.3 Å². The molecule has 0 spiro atoms. The Morgan fingerprint density at radius 2 is 1.70 bits per heavy atom. The molecule has 3 aromatic rings. The SMILES string of the molecule is CCCNC(=O)[C@H](Cc1ccccc1)N(Cc1cccc(OC)c1)C(=O)CN(c1cc(Cl)ccc1C)S(C)(=O)=O. The summed E-state index contributed by atoms with van der Waals surface area (Å²) < 4.78 is 32.3. The molecular weight excluding hydrogens is 550 g/mol. The van der Waals surface area contributed by atoms with Gasteiger partial charge in [0, 0.05) is 24.5 Å². The molecule has 0 fully saturated rings. The molecule has 0 aliphatic carbocycles. The number of anilines is 1. The van der Waals surface area contributed by atoms with Crippen molar-refractivity contribution in [3.8, 4) is 5.75 Å². The van der Waals surface area contributed by atoms with Gasteiger partial charge in [0.15, 0.2) is 0 Å². The molecule has 0 radical (unpaired) electrons. The van der Waals surface area contributed by atoms with Crippen molar-refractivity contribution in [3.05, 3.63) is 94.5 Å². The van der Waals surface area contributed by atoms with Crippen LogP contribution in [0, 0.1) is 6.92 Å². The Hall–Kier alpha value is -3.56. The number of carbonyl (C=O) groups excluding carboxylic acids is 2. The Morgan fingerprint density at radius 3 is 2.35 bits per heavy atom. The van der Waals surface area contributed by atoms with Gasteiger partial charge in [-0.25, -0.2) is 8.42 Å². The minimum Gasteiger partial charge on any atom is -0.497 e. The number of hydrogen-bond donors (Lipinski definition) is 1. The van der Waals surface area contributed by atoms with Crippen molar-refractivity contribution >= 4 is 39.1 Å². The Morgan fingerprint density at radius 1 is 1.00 bits per heavy atom. The first-order valence-corrected chi connectivity index (χ1v) is 15.2. The third kappa shape index (κ3) is 8.47. The van der Waals surface area contributed by atoms with Gasteiger partial charge in [-0.1, -0.05) is 67.1 Å². The third-order valence-corrected chi connectivity index (χ3v) is 7.79. The maximum Gasteiger partial charge on any atom is 0.244 e. The maximum atomic E-state index is 14.1. The summed E-state index contributed by atoms with van der Waals surface area (Å²) in [5.41, 5.74) is 2.55. The average molecular weight is 586 g/mol. The van der Waals surface area contributed by atoms with Crippen LogP contribution in [0.25, 0.3) is 0 Å². The van der Waals surface area contributed by atoms with E-state index in [-0.39, 0.29) is 18.9 Å². The van der Waals surface area contributed by atoms with Crippen LogP contribution in [0.2, 0.25) is 5.02 Å². The second-order valence-corrected chi connectivity index (χ2v) is 11.9. The van der Waals surface area contributed by atoms with Gasteiger partial charge in [0.2, 0.25) is 21.8 Å². The molecule has 1 atom stereocenters. The van der Waals surface area contributed by atoms with Crippen LogP contribution in [0.15, 0.2) is 72.8 Å². The second kappa shape index (κ2) is 14.2. The fourth-order valence-electron chi connectivity index (χ4n) is 4.33. The molecule has 0 aliphatic rings. The van der Waals surface area contributed by atoms with E-state index in [2.05, 4.69) is 5.32 Å². The minimum atomic E-state index is -3.88. The highest BCUT2D eigenvalue weighted by molar-refractivity contribution is 7.92. The summed E-state index contributed by atoms with van der Waals surface area (Å²) >= 11 is 6.20. The van der Waals surface area contributed by atoms with Crippen molar-refractivity contribution in [1.29, 1.82) is 0 Å². The fraction of sp³-hybridized carbons (Fsp3) is 0.333. The number of methoxy groups -OCH3 is 1. The lowest BCUT2D eigenvalue weighted by Crippen LogP contribution is -2.53. The Labute approximate surface area is 241 Å². The van der Waals surface area contributed by atoms with E-state index in [0.29, 0.717) is 28.6 Å². The van der Waals surface area contributed by atoms with Crippen molar-refractivity contribution < 1.29 is 22.7 Å². The molecule has 0 aromatic heterocycles. The van der Waals surface area contributed by atoms with Gasteiger partial charge in [-0.3, -0.25) is 13.9 Å². The normalized spacial score (nSPS) is 11.9. The molecule has 0 saturated carbocycles. The first-order chi connectivity index (χ1) is 19.0. The molecule has 0 unspecified atom stereocenters. The van der Waals surface area contributed by atoms with Crippen LogP contribution in [-0.4, -0.2) is 57.6 Å². The Bertz CT molecular complexity index is 1420. The number of nitrogens with one attached hydrogen (secondary N) is 1. The summed E-state index contributed by atoms with van der Waals surface area (Å²) in [6.45, 7) is 3.71. The predicted octanol–water partition coefficient (Wildman–Crippen LogP) is 4.59. The van der Waals surface area contributed by atoms with E-state index in [1.165, 1.54) is 11.0 Å². The molecule has 0 bridgehead atoms. The lowest BCUT2D eigenvalue weighted by Gasteiger charge is -2.34. The summed E-state index contributed by atoms with van der Waals surface area (Å²) in [6.07, 6.45) is 2.02. The number of aryl methyl sites for hydroxylation is 1. The monoisotopic (exact) mass is 585 g/mol. The highest BCUT2D eigenvalue weighted by Gasteiger charge is 2.33. The van der Waals surface area contributed by atoms with Crippen molar-refractivity contribution in [2.24, 2.45) is 0 Å². The van der Waals surface area contributed by atoms with Gasteiger partial charge in [0.05, 0.1) is 19.1 Å². The highest BCUT2D eigenvalue weighted by Crippen LogP contribution is 2.27. The van der Waals surface area contributed by atoms with Gasteiger partial charge in [-0.05, 0) is 54.3 Å². The van der Waals surface area contributed by atoms with E-state index in [0.717, 1.165) is 28.1 Å². The van der Waals surface area contributed by atoms with E-state index in [4.69, 9.17) is 16.3 Å². The fourth-order valence-corrected chi connectivity index (χ4v) is 5.40. The van der Waals surface area contributed by atoms with Crippen molar-refractivity contribution in [2.45, 2.75) is 39.3 Å². The summed E-state index contributed by atoms with van der Waals surface area (Å²) in [4.78, 5) is 29.1. The number of ether oxygens (including phenoxy) is 1. The predicted molar refractivity (Wildman–Crippen MR) is 159 cm³/mol. The number of rotatable bonds is 13. The van der Waals surface area contributed by atoms with Gasteiger partial charge in [-0.2, -0.15) is 0 Å². The lowest BCUT2D eigenvalue weighted by molar-refractivity contribution is -0.140. The molecule has 0 heterocycles. The smallest absolute Gasteiger partial charge is 0.244 e. The van der Waals surface area contributed by atoms with Gasteiger partial charge >= 0.3 is 0 Å². The zero-order chi connectivity index (χ0) is 29.3. The standard InChI is InChI=1S/C30H36ClN3O5S/c1-5-16-32-30(36)28(18-23-10-7-6-8-11-23)33(20-24-12-9-13-26(17-24)39-3)29(35)21-34(40(4,37)38)27-19-25(31)15-14-22(27)2/h6-15,17,19,28H,5,16,18,20-21H2,1-4H3,(H,32,36)/t28-/m0/s1. The number of carbonyl (C=O) groups is 2. The molecule has 2 amide bonds. The molecule has 0 aliphatic heterocycles. The largest absolute Gasteiger partial charge is 0.497 e. The first kappa shape index (κ1) is 31.0. The minimum absolute atomic E-state index is 0.0687. The molecule has 40 heavy (non-hydrogen) atoms. The van der Waals surface area contributed by atoms with E-state index in [1.54, 1.807) is 44.4 Å². The third-order valence-electron chi connectivity index (χ3n) is 6.43. The van der Waals surface area contributed by atoms with E-state index >= 15 is 0 Å². The molecular formula is C30H36ClN3O5S. The van der Waals surface area contributed by atoms with Gasteiger partial charge in [0.25, 0.3) is 0 Å². The van der Waals surface area contributed by atoms with Crippen LogP contribution >= 0.6 is 11.6 Å². The van der Waals surface area contributed by atoms with Crippen LogP contribution in [0.4, 0.5) is 5.69 Å². The zero-order valence-electron chi connectivity index (χ0n) is 23.3. The molecule has 0 saturated heterocycles. The van der Waals surface area contributed by atoms with E-state index in [9.17, 15) is 18.0 Å². The van der Waals surface area contributed by atoms with Crippen molar-refractivity contribution in [2.75, 3.05) is 30.8 Å². The summed E-state index contributed by atoms with van der Waals surface area (Å²) in [7, 11) is -2.33. The van der Waals surface area contributed by atoms with Crippen LogP contribution in [0.5, 0.6) is 5.75 Å². The summed E-state index contributed by atoms with van der Waals surface area (Å²) in [5, 5.41) is 3.26. The van der Waals surface area contributed by atoms with Crippen molar-refractivity contribution in [1.82, 2.24) is 10.2 Å². The zero-order valence-corrected chi connectivity index (χ0v) is 24.8. The van der Waals surface area contributed by atoms with Crippen molar-refractivity contribution in [3.63, 3.8) is 0 Å². The van der Waals surface area contributed by atoms with Crippen LogP contribution in [-0.2, 0) is 32.6 Å². The van der Waals surface area contributed by atoms with Crippen LogP contribution in [0.1, 0.15) is 30.0 Å². The lowest BCUT2D eigenvalue weighted by atomic mass is 10.0. The number of nitrogens with zero attached hydrogens (tertiary/aromatic N) is 2. The van der Waals surface area contributed by atoms with Gasteiger partial charge in [-0.15, -0.1) is 0 Å². The number of sulfonamides is 1. The molecule has 214 valence electrons. The van der Waals surface area contributed by atoms with Crippen LogP contribution in [0.3, 0.4) is 0 Å². The number of amides is 2. The number of benzene rings is 3. The van der Waals surface area contributed by atoms with Gasteiger partial charge < -0.3 is 15.0 Å². The Kier molecular flexibility index (Phi) is 11.0. The number of hydrogen-bond acceptors (Lipinski definition) is 5. The second-order valence-electron chi connectivity index (χ2n) is 9.57. The molecule has 3 rings (SSSR count). The van der Waals surface area contributed by atoms with Crippen LogP contribution < -0.4 is 14.4 Å². The number of halogens is 1. The summed E-state index contributed by atoms with van der Waals surface area (Å²) in [5.74, 6) is -0.237. The molecule has 3 aromatic carbocycles. The summed E-state index contributed by atoms with van der Waals surface area (Å²) in [6, 6.07) is 20.6. The molecule has 8 nitrogen and oxygen atoms in total. The first-order valence-electron chi connectivity index (χ1n) is 13.0. The molecule has 10 heteroatoms. The van der Waals surface area contributed by atoms with E-state index < -0.39 is 28.5 Å². The van der Waals surface area contributed by atoms with Gasteiger partial charge in [0.1, 0.15) is 18.3 Å². The topological polar surface area (TPSA) is 96.0 Å².